The average molecular weight is 181 g/mol. The molecule has 2 rings (SSSR count). The Morgan fingerprint density at radius 2 is 2.08 bits per heavy atom. The molecule has 2 fully saturated rings. The molecule has 2 aliphatic carbocycles. The molecule has 2 nitrogen and oxygen atoms in total. The number of carbonyl (C=O) groups is 1. The summed E-state index contributed by atoms with van der Waals surface area (Å²) < 4.78 is 0. The monoisotopic (exact) mass is 181 g/mol. The molecule has 0 radical (unpaired) electrons. The van der Waals surface area contributed by atoms with Crippen molar-refractivity contribution in [1.82, 2.24) is 5.32 Å². The van der Waals surface area contributed by atoms with Crippen molar-refractivity contribution in [2.75, 3.05) is 6.54 Å². The zero-order valence-electron chi connectivity index (χ0n) is 8.38. The van der Waals surface area contributed by atoms with Gasteiger partial charge in [-0.1, -0.05) is 13.3 Å². The SMILES string of the molecule is CC1CCC(CNC(=O)C2CC2)C1. The van der Waals surface area contributed by atoms with E-state index in [-0.39, 0.29) is 0 Å². The van der Waals surface area contributed by atoms with E-state index in [0.717, 1.165) is 31.2 Å². The summed E-state index contributed by atoms with van der Waals surface area (Å²) in [4.78, 5) is 11.3. The average Bonchev–Trinajstić information content (AvgIpc) is 2.87. The van der Waals surface area contributed by atoms with Gasteiger partial charge in [0.2, 0.25) is 5.91 Å². The molecular formula is C11H19NO. The Morgan fingerprint density at radius 1 is 1.31 bits per heavy atom. The summed E-state index contributed by atoms with van der Waals surface area (Å²) in [5.74, 6) is 2.32. The van der Waals surface area contributed by atoms with E-state index in [1.807, 2.05) is 0 Å². The predicted octanol–water partition coefficient (Wildman–Crippen LogP) is 1.95. The van der Waals surface area contributed by atoms with Crippen molar-refractivity contribution in [3.05, 3.63) is 0 Å². The van der Waals surface area contributed by atoms with Crippen molar-refractivity contribution < 1.29 is 4.79 Å². The second kappa shape index (κ2) is 3.69. The molecule has 0 spiro atoms. The van der Waals surface area contributed by atoms with Gasteiger partial charge in [-0.2, -0.15) is 0 Å². The molecule has 2 atom stereocenters. The standard InChI is InChI=1S/C11H19NO/c1-8-2-3-9(6-8)7-12-11(13)10-4-5-10/h8-10H,2-7H2,1H3,(H,12,13). The molecule has 2 aliphatic rings. The number of hydrogen-bond acceptors (Lipinski definition) is 1. The van der Waals surface area contributed by atoms with Crippen molar-refractivity contribution in [1.29, 1.82) is 0 Å². The van der Waals surface area contributed by atoms with Crippen molar-refractivity contribution >= 4 is 5.91 Å². The summed E-state index contributed by atoms with van der Waals surface area (Å²) in [7, 11) is 0. The van der Waals surface area contributed by atoms with E-state index in [2.05, 4.69) is 12.2 Å². The van der Waals surface area contributed by atoms with Crippen LogP contribution in [0.4, 0.5) is 0 Å². The van der Waals surface area contributed by atoms with Crippen molar-refractivity contribution in [3.8, 4) is 0 Å². The van der Waals surface area contributed by atoms with Crippen LogP contribution in [0.5, 0.6) is 0 Å². The van der Waals surface area contributed by atoms with Crippen molar-refractivity contribution in [3.63, 3.8) is 0 Å². The van der Waals surface area contributed by atoms with E-state index in [1.165, 1.54) is 19.3 Å². The van der Waals surface area contributed by atoms with Gasteiger partial charge in [-0.3, -0.25) is 4.79 Å². The molecule has 0 aromatic heterocycles. The van der Waals surface area contributed by atoms with Crippen LogP contribution in [0, 0.1) is 17.8 Å². The number of amides is 1. The second-order valence-corrected chi connectivity index (χ2v) is 4.80. The lowest BCUT2D eigenvalue weighted by Crippen LogP contribution is -2.29. The van der Waals surface area contributed by atoms with E-state index in [0.29, 0.717) is 11.8 Å². The Morgan fingerprint density at radius 3 is 2.62 bits per heavy atom. The van der Waals surface area contributed by atoms with Crippen molar-refractivity contribution in [2.45, 2.75) is 39.0 Å². The Balaban J connectivity index is 1.64. The van der Waals surface area contributed by atoms with Gasteiger partial charge in [0.25, 0.3) is 0 Å². The smallest absolute Gasteiger partial charge is 0.223 e. The van der Waals surface area contributed by atoms with Gasteiger partial charge in [0.05, 0.1) is 0 Å². The summed E-state index contributed by atoms with van der Waals surface area (Å²) in [6.45, 7) is 3.24. The zero-order valence-corrected chi connectivity index (χ0v) is 8.38. The van der Waals surface area contributed by atoms with Gasteiger partial charge < -0.3 is 5.32 Å². The number of rotatable bonds is 3. The number of carbonyl (C=O) groups excluding carboxylic acids is 1. The third kappa shape index (κ3) is 2.45. The molecule has 0 aliphatic heterocycles. The third-order valence-corrected chi connectivity index (χ3v) is 3.32. The fraction of sp³-hybridized carbons (Fsp3) is 0.909. The minimum absolute atomic E-state index is 0.305. The van der Waals surface area contributed by atoms with E-state index in [1.54, 1.807) is 0 Å². The zero-order chi connectivity index (χ0) is 9.26. The first-order chi connectivity index (χ1) is 6.25. The lowest BCUT2D eigenvalue weighted by molar-refractivity contribution is -0.122. The number of nitrogens with one attached hydrogen (secondary N) is 1. The first-order valence-electron chi connectivity index (χ1n) is 5.53. The van der Waals surface area contributed by atoms with Crippen LogP contribution in [0.2, 0.25) is 0 Å². The fourth-order valence-electron chi connectivity index (χ4n) is 2.25. The van der Waals surface area contributed by atoms with Gasteiger partial charge in [-0.05, 0) is 37.5 Å². The van der Waals surface area contributed by atoms with Gasteiger partial charge in [-0.25, -0.2) is 0 Å². The van der Waals surface area contributed by atoms with Crippen LogP contribution < -0.4 is 5.32 Å². The highest BCUT2D eigenvalue weighted by atomic mass is 16.2. The van der Waals surface area contributed by atoms with Gasteiger partial charge in [0.1, 0.15) is 0 Å². The molecule has 74 valence electrons. The van der Waals surface area contributed by atoms with Crippen LogP contribution >= 0.6 is 0 Å². The van der Waals surface area contributed by atoms with E-state index < -0.39 is 0 Å². The molecule has 0 bridgehead atoms. The Bertz CT molecular complexity index is 198. The summed E-state index contributed by atoms with van der Waals surface area (Å²) in [6.07, 6.45) is 6.21. The minimum Gasteiger partial charge on any atom is -0.356 e. The largest absolute Gasteiger partial charge is 0.356 e. The predicted molar refractivity (Wildman–Crippen MR) is 52.2 cm³/mol. The molecule has 2 saturated carbocycles. The minimum atomic E-state index is 0.305. The first kappa shape index (κ1) is 9.04. The van der Waals surface area contributed by atoms with E-state index >= 15 is 0 Å². The fourth-order valence-corrected chi connectivity index (χ4v) is 2.25. The van der Waals surface area contributed by atoms with Gasteiger partial charge >= 0.3 is 0 Å². The Kier molecular flexibility index (Phi) is 2.56. The van der Waals surface area contributed by atoms with E-state index in [4.69, 9.17) is 0 Å². The van der Waals surface area contributed by atoms with Crippen LogP contribution in [0.3, 0.4) is 0 Å². The number of hydrogen-bond donors (Lipinski definition) is 1. The molecule has 0 saturated heterocycles. The molecule has 13 heavy (non-hydrogen) atoms. The van der Waals surface area contributed by atoms with E-state index in [9.17, 15) is 4.79 Å². The van der Waals surface area contributed by atoms with Crippen LogP contribution in [-0.4, -0.2) is 12.5 Å². The molecular weight excluding hydrogens is 162 g/mol. The first-order valence-corrected chi connectivity index (χ1v) is 5.53. The van der Waals surface area contributed by atoms with Crippen LogP contribution in [0.15, 0.2) is 0 Å². The highest BCUT2D eigenvalue weighted by molar-refractivity contribution is 5.80. The summed E-state index contributed by atoms with van der Waals surface area (Å²) in [5, 5.41) is 3.07. The topological polar surface area (TPSA) is 29.1 Å². The molecule has 1 N–H and O–H groups in total. The Labute approximate surface area is 80.1 Å². The Hall–Kier alpha value is -0.530. The summed E-state index contributed by atoms with van der Waals surface area (Å²) in [5.41, 5.74) is 0. The lowest BCUT2D eigenvalue weighted by Gasteiger charge is -2.10. The highest BCUT2D eigenvalue weighted by Gasteiger charge is 2.30. The van der Waals surface area contributed by atoms with Crippen LogP contribution in [0.1, 0.15) is 39.0 Å². The highest BCUT2D eigenvalue weighted by Crippen LogP contribution is 2.31. The lowest BCUT2D eigenvalue weighted by atomic mass is 10.1. The maximum Gasteiger partial charge on any atom is 0.223 e. The summed E-state index contributed by atoms with van der Waals surface area (Å²) >= 11 is 0. The normalized spacial score (nSPS) is 33.3. The van der Waals surface area contributed by atoms with Crippen LogP contribution in [0.25, 0.3) is 0 Å². The maximum atomic E-state index is 11.3. The second-order valence-electron chi connectivity index (χ2n) is 4.80. The third-order valence-electron chi connectivity index (χ3n) is 3.32. The van der Waals surface area contributed by atoms with Crippen molar-refractivity contribution in [2.24, 2.45) is 17.8 Å². The molecule has 0 aromatic carbocycles. The van der Waals surface area contributed by atoms with Gasteiger partial charge in [0.15, 0.2) is 0 Å². The van der Waals surface area contributed by atoms with Gasteiger partial charge in [-0.15, -0.1) is 0 Å². The molecule has 2 unspecified atom stereocenters. The molecule has 0 heterocycles. The molecule has 1 amide bonds. The maximum absolute atomic E-state index is 11.3. The molecule has 0 aromatic rings. The molecule has 2 heteroatoms. The van der Waals surface area contributed by atoms with Crippen LogP contribution in [-0.2, 0) is 4.79 Å². The summed E-state index contributed by atoms with van der Waals surface area (Å²) in [6, 6.07) is 0. The quantitative estimate of drug-likeness (QED) is 0.708. The van der Waals surface area contributed by atoms with Gasteiger partial charge in [0, 0.05) is 12.5 Å².